The van der Waals surface area contributed by atoms with Crippen LogP contribution in [0.2, 0.25) is 5.02 Å². The third-order valence-electron chi connectivity index (χ3n) is 11.1. The van der Waals surface area contributed by atoms with Crippen LogP contribution < -0.4 is 15.4 Å². The Morgan fingerprint density at radius 1 is 1.16 bits per heavy atom. The van der Waals surface area contributed by atoms with E-state index in [0.29, 0.717) is 17.6 Å². The molecule has 0 saturated heterocycles. The van der Waals surface area contributed by atoms with Gasteiger partial charge in [-0.3, -0.25) is 4.79 Å². The van der Waals surface area contributed by atoms with Gasteiger partial charge in [0, 0.05) is 30.1 Å². The van der Waals surface area contributed by atoms with E-state index in [1.807, 2.05) is 18.2 Å². The number of hydrogen-bond acceptors (Lipinski definition) is 4. The molecule has 0 aromatic heterocycles. The molecule has 0 radical (unpaired) electrons. The fourth-order valence-corrected chi connectivity index (χ4v) is 10.3. The van der Waals surface area contributed by atoms with Gasteiger partial charge < -0.3 is 20.5 Å². The first-order valence-corrected chi connectivity index (χ1v) is 14.5. The molecule has 3 N–H and O–H groups in total. The molecule has 4 saturated carbocycles. The molecule has 8 rings (SSSR count). The number of phenolic OH excluding ortho intramolecular Hbond substituents is 1. The number of phenols is 1. The smallest absolute Gasteiger partial charge is 0.217 e. The van der Waals surface area contributed by atoms with Crippen LogP contribution in [-0.2, 0) is 23.2 Å². The summed E-state index contributed by atoms with van der Waals surface area (Å²) in [4.78, 5) is 12.9. The quantitative estimate of drug-likeness (QED) is 0.488. The van der Waals surface area contributed by atoms with Crippen LogP contribution in [0.15, 0.2) is 36.4 Å². The Hall–Kier alpha value is -2.24. The number of nitrogens with one attached hydrogen (secondary N) is 2. The van der Waals surface area contributed by atoms with E-state index in [9.17, 15) is 9.90 Å². The van der Waals surface area contributed by atoms with Crippen LogP contribution in [0.1, 0.15) is 68.6 Å². The van der Waals surface area contributed by atoms with Crippen molar-refractivity contribution in [3.8, 4) is 11.5 Å². The Kier molecular flexibility index (Phi) is 4.57. The lowest BCUT2D eigenvalue weighted by Crippen LogP contribution is -2.73. The standard InChI is InChI=1S/C31H35ClN2O3/c1-17(35)34-31-11-10-23(33-15-19-4-7-22(32)8-5-19)28-30(31)16-29(14-21(27(29)31)12-18-2-3-18)13-20-6-9-24(36)26(37-28)25(20)30/h4-9,18,21,23,27-28,33,36H,2-3,10-16H2,1H3,(H,34,35)/t21?,23-,27?,28-,29?,30-,31?/m0/s1. The van der Waals surface area contributed by atoms with E-state index in [-0.39, 0.29) is 40.2 Å². The van der Waals surface area contributed by atoms with E-state index >= 15 is 0 Å². The van der Waals surface area contributed by atoms with Gasteiger partial charge in [-0.25, -0.2) is 0 Å². The van der Waals surface area contributed by atoms with Crippen LogP contribution >= 0.6 is 11.6 Å². The SMILES string of the molecule is CC(=O)NC12CC[C@H](NCc3ccc(Cl)cc3)[C@@H]3Oc4c(O)ccc5c4[C@@]31CC1(C5)CC(CC3CC3)C12. The zero-order valence-electron chi connectivity index (χ0n) is 21.4. The maximum atomic E-state index is 12.9. The predicted molar refractivity (Wildman–Crippen MR) is 142 cm³/mol. The van der Waals surface area contributed by atoms with Crippen molar-refractivity contribution < 1.29 is 14.6 Å². The van der Waals surface area contributed by atoms with Crippen molar-refractivity contribution in [3.63, 3.8) is 0 Å². The molecule has 194 valence electrons. The normalized spacial score (nSPS) is 39.8. The highest BCUT2D eigenvalue weighted by Crippen LogP contribution is 2.80. The Bertz CT molecular complexity index is 1310. The van der Waals surface area contributed by atoms with Crippen molar-refractivity contribution in [1.82, 2.24) is 10.6 Å². The van der Waals surface area contributed by atoms with Crippen molar-refractivity contribution >= 4 is 17.5 Å². The van der Waals surface area contributed by atoms with E-state index in [1.54, 1.807) is 6.92 Å². The predicted octanol–water partition coefficient (Wildman–Crippen LogP) is 5.25. The molecule has 37 heavy (non-hydrogen) atoms. The second kappa shape index (κ2) is 7.45. The number of fused-ring (bicyclic) bond motifs is 1. The molecule has 1 aliphatic heterocycles. The van der Waals surface area contributed by atoms with Gasteiger partial charge in [0.25, 0.3) is 0 Å². The van der Waals surface area contributed by atoms with E-state index in [4.69, 9.17) is 16.3 Å². The number of aromatic hydroxyl groups is 1. The second-order valence-corrected chi connectivity index (χ2v) is 13.5. The van der Waals surface area contributed by atoms with Gasteiger partial charge in [0.05, 0.1) is 11.0 Å². The van der Waals surface area contributed by atoms with Gasteiger partial charge in [0.2, 0.25) is 5.91 Å². The number of benzene rings is 2. The summed E-state index contributed by atoms with van der Waals surface area (Å²) in [5, 5.41) is 19.2. The minimum Gasteiger partial charge on any atom is -0.504 e. The molecule has 4 unspecified atom stereocenters. The fraction of sp³-hybridized carbons (Fsp3) is 0.581. The number of hydrogen-bond donors (Lipinski definition) is 3. The first-order chi connectivity index (χ1) is 17.9. The lowest BCUT2D eigenvalue weighted by molar-refractivity contribution is -0.129. The van der Waals surface area contributed by atoms with E-state index < -0.39 is 0 Å². The fourth-order valence-electron chi connectivity index (χ4n) is 10.2. The van der Waals surface area contributed by atoms with Crippen molar-refractivity contribution in [3.05, 3.63) is 58.1 Å². The van der Waals surface area contributed by atoms with E-state index in [1.165, 1.54) is 42.4 Å². The number of ether oxygens (including phenoxy) is 1. The maximum absolute atomic E-state index is 12.9. The summed E-state index contributed by atoms with van der Waals surface area (Å²) in [6.07, 6.45) is 9.18. The third-order valence-corrected chi connectivity index (χ3v) is 11.4. The molecule has 5 aliphatic carbocycles. The first-order valence-electron chi connectivity index (χ1n) is 14.1. The number of carbonyl (C=O) groups excluding carboxylic acids is 1. The average Bonchev–Trinajstić information content (AvgIpc) is 3.57. The van der Waals surface area contributed by atoms with Crippen molar-refractivity contribution in [2.75, 3.05) is 0 Å². The van der Waals surface area contributed by atoms with Gasteiger partial charge in [-0.1, -0.05) is 42.6 Å². The third kappa shape index (κ3) is 2.88. The van der Waals surface area contributed by atoms with Crippen LogP contribution in [0, 0.1) is 23.2 Å². The highest BCUT2D eigenvalue weighted by molar-refractivity contribution is 6.30. The molecular weight excluding hydrogens is 484 g/mol. The number of rotatable bonds is 6. The topological polar surface area (TPSA) is 70.6 Å². The molecule has 6 heteroatoms. The molecule has 4 fully saturated rings. The first kappa shape index (κ1) is 22.7. The molecule has 2 spiro atoms. The van der Waals surface area contributed by atoms with Gasteiger partial charge in [0.1, 0.15) is 6.10 Å². The number of carbonyl (C=O) groups is 1. The number of halogens is 1. The van der Waals surface area contributed by atoms with Gasteiger partial charge in [-0.05, 0) is 91.0 Å². The van der Waals surface area contributed by atoms with Gasteiger partial charge in [-0.15, -0.1) is 0 Å². The molecule has 1 heterocycles. The zero-order chi connectivity index (χ0) is 25.2. The summed E-state index contributed by atoms with van der Waals surface area (Å²) in [5.41, 5.74) is 3.33. The van der Waals surface area contributed by atoms with Crippen LogP contribution in [0.4, 0.5) is 0 Å². The highest BCUT2D eigenvalue weighted by Gasteiger charge is 2.83. The monoisotopic (exact) mass is 518 g/mol. The largest absolute Gasteiger partial charge is 0.504 e. The maximum Gasteiger partial charge on any atom is 0.217 e. The van der Waals surface area contributed by atoms with Crippen LogP contribution in [0.5, 0.6) is 11.5 Å². The summed E-state index contributed by atoms with van der Waals surface area (Å²) in [6.45, 7) is 2.42. The van der Waals surface area contributed by atoms with Crippen LogP contribution in [0.3, 0.4) is 0 Å². The number of amides is 1. The molecular formula is C31H35ClN2O3. The summed E-state index contributed by atoms with van der Waals surface area (Å²) in [7, 11) is 0. The lowest BCUT2D eigenvalue weighted by Gasteiger charge is -2.59. The van der Waals surface area contributed by atoms with E-state index in [2.05, 4.69) is 28.8 Å². The van der Waals surface area contributed by atoms with Crippen molar-refractivity contribution in [2.24, 2.45) is 23.2 Å². The molecule has 2 bridgehead atoms. The Morgan fingerprint density at radius 2 is 1.97 bits per heavy atom. The molecule has 6 aliphatic rings. The highest BCUT2D eigenvalue weighted by atomic mass is 35.5. The molecule has 2 aromatic rings. The van der Waals surface area contributed by atoms with Gasteiger partial charge in [-0.2, -0.15) is 0 Å². The summed E-state index contributed by atoms with van der Waals surface area (Å²) < 4.78 is 6.85. The Labute approximate surface area is 223 Å². The molecule has 5 nitrogen and oxygen atoms in total. The average molecular weight is 519 g/mol. The summed E-state index contributed by atoms with van der Waals surface area (Å²) >= 11 is 6.12. The molecule has 2 aromatic carbocycles. The Balaban J connectivity index is 1.24. The van der Waals surface area contributed by atoms with Crippen LogP contribution in [-0.4, -0.2) is 28.7 Å². The van der Waals surface area contributed by atoms with Crippen LogP contribution in [0.25, 0.3) is 0 Å². The Morgan fingerprint density at radius 3 is 2.73 bits per heavy atom. The summed E-state index contributed by atoms with van der Waals surface area (Å²) in [6, 6.07) is 12.1. The zero-order valence-corrected chi connectivity index (χ0v) is 22.1. The van der Waals surface area contributed by atoms with Crippen molar-refractivity contribution in [2.45, 2.75) is 87.9 Å². The second-order valence-electron chi connectivity index (χ2n) is 13.1. The molecule has 1 amide bonds. The summed E-state index contributed by atoms with van der Waals surface area (Å²) in [5.74, 6) is 3.01. The van der Waals surface area contributed by atoms with Crippen molar-refractivity contribution in [1.29, 1.82) is 0 Å². The molecule has 7 atom stereocenters. The van der Waals surface area contributed by atoms with Gasteiger partial charge in [0.15, 0.2) is 11.5 Å². The lowest BCUT2D eigenvalue weighted by atomic mass is 9.48. The van der Waals surface area contributed by atoms with E-state index in [0.717, 1.165) is 43.2 Å². The minimum atomic E-state index is -0.315. The minimum absolute atomic E-state index is 0.0654. The van der Waals surface area contributed by atoms with Gasteiger partial charge >= 0.3 is 0 Å².